The molecular weight excluding hydrogens is 259 g/mol. The Bertz CT molecular complexity index is 428. The Morgan fingerprint density at radius 3 is 2.45 bits per heavy atom. The molecule has 0 aliphatic carbocycles. The molecule has 1 heterocycles. The van der Waals surface area contributed by atoms with Crippen LogP contribution in [0.2, 0.25) is 0 Å². The Kier molecular flexibility index (Phi) is 5.35. The first-order chi connectivity index (χ1) is 9.69. The Balaban J connectivity index is 1.72. The molecule has 1 aliphatic heterocycles. The fourth-order valence-corrected chi connectivity index (χ4v) is 2.43. The number of anilines is 1. The van der Waals surface area contributed by atoms with Gasteiger partial charge in [-0.3, -0.25) is 9.69 Å². The van der Waals surface area contributed by atoms with E-state index in [0.717, 1.165) is 44.8 Å². The van der Waals surface area contributed by atoms with E-state index in [1.54, 1.807) is 0 Å². The second-order valence-corrected chi connectivity index (χ2v) is 4.98. The van der Waals surface area contributed by atoms with Gasteiger partial charge in [-0.15, -0.1) is 0 Å². The van der Waals surface area contributed by atoms with Crippen LogP contribution in [0.5, 0.6) is 0 Å². The predicted octanol–water partition coefficient (Wildman–Crippen LogP) is 1.90. The monoisotopic (exact) mass is 280 g/mol. The molecule has 1 aromatic rings. The maximum atomic E-state index is 12.9. The summed E-state index contributed by atoms with van der Waals surface area (Å²) in [6.07, 6.45) is 1.32. The zero-order valence-corrected chi connectivity index (χ0v) is 11.8. The van der Waals surface area contributed by atoms with Crippen molar-refractivity contribution in [3.05, 3.63) is 30.1 Å². The van der Waals surface area contributed by atoms with E-state index in [1.807, 2.05) is 12.1 Å². The van der Waals surface area contributed by atoms with Crippen LogP contribution in [0.1, 0.15) is 12.8 Å². The smallest absolute Gasteiger partial charge is 0.305 e. The SMILES string of the molecule is COC(=O)CCCN1CCN(c2ccc(F)cc2)CC1. The number of hydrogen-bond donors (Lipinski definition) is 0. The van der Waals surface area contributed by atoms with Crippen molar-refractivity contribution in [3.63, 3.8) is 0 Å². The standard InChI is InChI=1S/C15H21FN2O2/c1-20-15(19)3-2-8-17-9-11-18(12-10-17)14-6-4-13(16)5-7-14/h4-7H,2-3,8-12H2,1H3. The van der Waals surface area contributed by atoms with Crippen molar-refractivity contribution >= 4 is 11.7 Å². The van der Waals surface area contributed by atoms with E-state index in [2.05, 4.69) is 14.5 Å². The predicted molar refractivity (Wildman–Crippen MR) is 76.3 cm³/mol. The van der Waals surface area contributed by atoms with Crippen molar-refractivity contribution in [2.45, 2.75) is 12.8 Å². The number of hydrogen-bond acceptors (Lipinski definition) is 4. The van der Waals surface area contributed by atoms with Gasteiger partial charge in [-0.05, 0) is 37.2 Å². The molecule has 110 valence electrons. The van der Waals surface area contributed by atoms with Crippen LogP contribution in [0.15, 0.2) is 24.3 Å². The van der Waals surface area contributed by atoms with Gasteiger partial charge in [0.2, 0.25) is 0 Å². The Morgan fingerprint density at radius 2 is 1.85 bits per heavy atom. The van der Waals surface area contributed by atoms with Crippen molar-refractivity contribution in [2.24, 2.45) is 0 Å². The minimum atomic E-state index is -0.199. The third-order valence-corrected chi connectivity index (χ3v) is 3.65. The lowest BCUT2D eigenvalue weighted by Crippen LogP contribution is -2.46. The maximum Gasteiger partial charge on any atom is 0.305 e. The largest absolute Gasteiger partial charge is 0.469 e. The van der Waals surface area contributed by atoms with Crippen molar-refractivity contribution in [2.75, 3.05) is 44.7 Å². The molecule has 0 radical (unpaired) electrons. The number of carbonyl (C=O) groups is 1. The molecule has 0 bridgehead atoms. The first-order valence-electron chi connectivity index (χ1n) is 6.99. The molecule has 1 aliphatic rings. The number of esters is 1. The van der Waals surface area contributed by atoms with Crippen LogP contribution in [0.25, 0.3) is 0 Å². The number of rotatable bonds is 5. The number of methoxy groups -OCH3 is 1. The fraction of sp³-hybridized carbons (Fsp3) is 0.533. The second kappa shape index (κ2) is 7.24. The van der Waals surface area contributed by atoms with Crippen molar-refractivity contribution in [1.29, 1.82) is 0 Å². The number of carbonyl (C=O) groups excluding carboxylic acids is 1. The lowest BCUT2D eigenvalue weighted by atomic mass is 10.2. The van der Waals surface area contributed by atoms with Gasteiger partial charge in [-0.25, -0.2) is 4.39 Å². The van der Waals surface area contributed by atoms with Crippen LogP contribution < -0.4 is 4.90 Å². The van der Waals surface area contributed by atoms with Crippen LogP contribution in [-0.2, 0) is 9.53 Å². The lowest BCUT2D eigenvalue weighted by molar-refractivity contribution is -0.140. The van der Waals surface area contributed by atoms with Crippen LogP contribution in [0.4, 0.5) is 10.1 Å². The average Bonchev–Trinajstić information content (AvgIpc) is 2.48. The molecule has 0 spiro atoms. The third-order valence-electron chi connectivity index (χ3n) is 3.65. The highest BCUT2D eigenvalue weighted by atomic mass is 19.1. The van der Waals surface area contributed by atoms with Gasteiger partial charge in [0, 0.05) is 38.3 Å². The van der Waals surface area contributed by atoms with E-state index in [4.69, 9.17) is 0 Å². The minimum absolute atomic E-state index is 0.144. The number of nitrogens with zero attached hydrogens (tertiary/aromatic N) is 2. The van der Waals surface area contributed by atoms with Gasteiger partial charge in [0.25, 0.3) is 0 Å². The number of halogens is 1. The van der Waals surface area contributed by atoms with Crippen LogP contribution in [0.3, 0.4) is 0 Å². The first-order valence-corrected chi connectivity index (χ1v) is 6.99. The average molecular weight is 280 g/mol. The van der Waals surface area contributed by atoms with Gasteiger partial charge in [0.05, 0.1) is 7.11 Å². The highest BCUT2D eigenvalue weighted by Gasteiger charge is 2.17. The number of benzene rings is 1. The zero-order chi connectivity index (χ0) is 14.4. The van der Waals surface area contributed by atoms with E-state index in [9.17, 15) is 9.18 Å². The molecule has 0 amide bonds. The summed E-state index contributed by atoms with van der Waals surface area (Å²) < 4.78 is 17.5. The summed E-state index contributed by atoms with van der Waals surface area (Å²) >= 11 is 0. The van der Waals surface area contributed by atoms with Crippen molar-refractivity contribution in [3.8, 4) is 0 Å². The maximum absolute atomic E-state index is 12.9. The molecule has 0 atom stereocenters. The van der Waals surface area contributed by atoms with E-state index >= 15 is 0 Å². The van der Waals surface area contributed by atoms with Gasteiger partial charge in [0.1, 0.15) is 5.82 Å². The summed E-state index contributed by atoms with van der Waals surface area (Å²) in [6, 6.07) is 6.64. The van der Waals surface area contributed by atoms with Gasteiger partial charge in [-0.1, -0.05) is 0 Å². The molecular formula is C15H21FN2O2. The molecule has 0 unspecified atom stereocenters. The molecule has 4 nitrogen and oxygen atoms in total. The summed E-state index contributed by atoms with van der Waals surface area (Å²) in [5.41, 5.74) is 1.07. The van der Waals surface area contributed by atoms with Crippen LogP contribution >= 0.6 is 0 Å². The van der Waals surface area contributed by atoms with Gasteiger partial charge >= 0.3 is 5.97 Å². The summed E-state index contributed by atoms with van der Waals surface area (Å²) in [7, 11) is 1.42. The summed E-state index contributed by atoms with van der Waals surface area (Å²) in [6.45, 7) is 4.73. The normalized spacial score (nSPS) is 16.2. The molecule has 0 aromatic heterocycles. The van der Waals surface area contributed by atoms with Crippen LogP contribution in [0, 0.1) is 5.82 Å². The summed E-state index contributed by atoms with van der Waals surface area (Å²) in [5, 5.41) is 0. The molecule has 20 heavy (non-hydrogen) atoms. The van der Waals surface area contributed by atoms with Gasteiger partial charge in [0.15, 0.2) is 0 Å². The first kappa shape index (κ1) is 14.8. The summed E-state index contributed by atoms with van der Waals surface area (Å²) in [4.78, 5) is 15.6. The topological polar surface area (TPSA) is 32.8 Å². The molecule has 1 saturated heterocycles. The molecule has 5 heteroatoms. The molecule has 2 rings (SSSR count). The third kappa shape index (κ3) is 4.20. The van der Waals surface area contributed by atoms with Gasteiger partial charge < -0.3 is 9.64 Å². The second-order valence-electron chi connectivity index (χ2n) is 4.98. The lowest BCUT2D eigenvalue weighted by Gasteiger charge is -2.36. The van der Waals surface area contributed by atoms with Crippen LogP contribution in [-0.4, -0.2) is 50.7 Å². The molecule has 0 saturated carbocycles. The van der Waals surface area contributed by atoms with E-state index < -0.39 is 0 Å². The fourth-order valence-electron chi connectivity index (χ4n) is 2.43. The van der Waals surface area contributed by atoms with Crippen molar-refractivity contribution in [1.82, 2.24) is 4.90 Å². The van der Waals surface area contributed by atoms with E-state index in [-0.39, 0.29) is 11.8 Å². The zero-order valence-electron chi connectivity index (χ0n) is 11.8. The highest BCUT2D eigenvalue weighted by molar-refractivity contribution is 5.69. The summed E-state index contributed by atoms with van der Waals surface area (Å²) in [5.74, 6) is -0.342. The molecule has 0 N–H and O–H groups in total. The quantitative estimate of drug-likeness (QED) is 0.771. The number of ether oxygens (including phenoxy) is 1. The Morgan fingerprint density at radius 1 is 1.20 bits per heavy atom. The molecule has 1 fully saturated rings. The Labute approximate surface area is 119 Å². The van der Waals surface area contributed by atoms with E-state index in [0.29, 0.717) is 6.42 Å². The number of piperazine rings is 1. The highest BCUT2D eigenvalue weighted by Crippen LogP contribution is 2.17. The van der Waals surface area contributed by atoms with Crippen molar-refractivity contribution < 1.29 is 13.9 Å². The Hall–Kier alpha value is -1.62. The molecule has 1 aromatic carbocycles. The van der Waals surface area contributed by atoms with E-state index in [1.165, 1.54) is 19.2 Å². The minimum Gasteiger partial charge on any atom is -0.469 e. The van der Waals surface area contributed by atoms with Gasteiger partial charge in [-0.2, -0.15) is 0 Å².